The number of nitrogens with zero attached hydrogens (tertiary/aromatic N) is 1. The van der Waals surface area contributed by atoms with Crippen LogP contribution >= 0.6 is 15.9 Å². The molecule has 1 aliphatic rings. The van der Waals surface area contributed by atoms with Crippen molar-refractivity contribution in [2.24, 2.45) is 0 Å². The van der Waals surface area contributed by atoms with Gasteiger partial charge in [-0.2, -0.15) is 0 Å². The molecule has 18 heavy (non-hydrogen) atoms. The minimum atomic E-state index is 1.12. The summed E-state index contributed by atoms with van der Waals surface area (Å²) in [5, 5.41) is 4.67. The Morgan fingerprint density at radius 1 is 1.28 bits per heavy atom. The number of benzene rings is 1. The van der Waals surface area contributed by atoms with Crippen molar-refractivity contribution in [3.05, 3.63) is 32.9 Å². The lowest BCUT2D eigenvalue weighted by Gasteiger charge is -2.16. The molecular formula is C15H17BrN2. The Balaban J connectivity index is 2.48. The van der Waals surface area contributed by atoms with Crippen LogP contribution in [0.5, 0.6) is 0 Å². The van der Waals surface area contributed by atoms with Crippen molar-refractivity contribution in [2.45, 2.75) is 33.1 Å². The number of halogens is 1. The van der Waals surface area contributed by atoms with Crippen LogP contribution in [0, 0.1) is 13.8 Å². The van der Waals surface area contributed by atoms with Crippen molar-refractivity contribution in [2.75, 3.05) is 12.4 Å². The topological polar surface area (TPSA) is 24.9 Å². The molecule has 1 aromatic carbocycles. The maximum Gasteiger partial charge on any atom is 0.0732 e. The molecule has 0 bridgehead atoms. The van der Waals surface area contributed by atoms with Gasteiger partial charge < -0.3 is 5.32 Å². The fourth-order valence-electron chi connectivity index (χ4n) is 3.03. The summed E-state index contributed by atoms with van der Waals surface area (Å²) in [6.45, 7) is 4.30. The zero-order valence-corrected chi connectivity index (χ0v) is 12.6. The first kappa shape index (κ1) is 12.0. The van der Waals surface area contributed by atoms with Gasteiger partial charge in [0.05, 0.1) is 5.52 Å². The van der Waals surface area contributed by atoms with Crippen molar-refractivity contribution in [1.82, 2.24) is 4.98 Å². The largest absolute Gasteiger partial charge is 0.387 e. The van der Waals surface area contributed by atoms with Gasteiger partial charge in [-0.05, 0) is 55.9 Å². The number of aryl methyl sites for hydroxylation is 3. The first-order valence-corrected chi connectivity index (χ1v) is 7.21. The van der Waals surface area contributed by atoms with E-state index >= 15 is 0 Å². The van der Waals surface area contributed by atoms with E-state index in [1.165, 1.54) is 44.4 Å². The average Bonchev–Trinajstić information content (AvgIpc) is 2.81. The summed E-state index contributed by atoms with van der Waals surface area (Å²) in [5.74, 6) is 0. The molecule has 0 fully saturated rings. The van der Waals surface area contributed by atoms with E-state index in [1.807, 2.05) is 7.05 Å². The number of hydrogen-bond donors (Lipinski definition) is 1. The predicted molar refractivity (Wildman–Crippen MR) is 80.5 cm³/mol. The van der Waals surface area contributed by atoms with Crippen LogP contribution in [0.15, 0.2) is 10.5 Å². The van der Waals surface area contributed by atoms with E-state index in [9.17, 15) is 0 Å². The number of hydrogen-bond acceptors (Lipinski definition) is 2. The molecule has 0 unspecified atom stereocenters. The Kier molecular flexibility index (Phi) is 2.81. The van der Waals surface area contributed by atoms with Crippen LogP contribution in [0.2, 0.25) is 0 Å². The summed E-state index contributed by atoms with van der Waals surface area (Å²) in [6, 6.07) is 2.19. The van der Waals surface area contributed by atoms with Crippen molar-refractivity contribution in [3.63, 3.8) is 0 Å². The maximum absolute atomic E-state index is 4.87. The Morgan fingerprint density at radius 3 is 2.78 bits per heavy atom. The van der Waals surface area contributed by atoms with Gasteiger partial charge >= 0.3 is 0 Å². The molecule has 1 aliphatic carbocycles. The highest BCUT2D eigenvalue weighted by Gasteiger charge is 2.20. The molecule has 0 spiro atoms. The first-order valence-electron chi connectivity index (χ1n) is 6.42. The minimum absolute atomic E-state index is 1.12. The number of anilines is 1. The van der Waals surface area contributed by atoms with Gasteiger partial charge in [-0.25, -0.2) is 0 Å². The van der Waals surface area contributed by atoms with Crippen LogP contribution in [0.3, 0.4) is 0 Å². The quantitative estimate of drug-likeness (QED) is 0.856. The molecule has 1 aromatic heterocycles. The number of rotatable bonds is 1. The molecule has 1 heterocycles. The van der Waals surface area contributed by atoms with Crippen LogP contribution in [0.4, 0.5) is 5.69 Å². The maximum atomic E-state index is 4.87. The van der Waals surface area contributed by atoms with Gasteiger partial charge in [0.2, 0.25) is 0 Å². The molecule has 0 saturated heterocycles. The molecule has 0 amide bonds. The smallest absolute Gasteiger partial charge is 0.0732 e. The number of pyridine rings is 1. The van der Waals surface area contributed by atoms with E-state index in [0.29, 0.717) is 0 Å². The minimum Gasteiger partial charge on any atom is -0.387 e. The Hall–Kier alpha value is -1.09. The highest BCUT2D eigenvalue weighted by atomic mass is 79.9. The molecule has 0 radical (unpaired) electrons. The third-order valence-corrected chi connectivity index (χ3v) is 5.13. The van der Waals surface area contributed by atoms with Gasteiger partial charge in [-0.1, -0.05) is 15.9 Å². The standard InChI is InChI=1S/C15H17BrN2/c1-8-7-12-13(9(2)14(8)16)15(17-3)10-5-4-6-11(10)18-12/h7H,4-6H2,1-3H3,(H,17,18). The second kappa shape index (κ2) is 4.23. The van der Waals surface area contributed by atoms with Crippen LogP contribution in [-0.4, -0.2) is 12.0 Å². The van der Waals surface area contributed by atoms with E-state index in [4.69, 9.17) is 4.98 Å². The fraction of sp³-hybridized carbons (Fsp3) is 0.400. The van der Waals surface area contributed by atoms with Crippen LogP contribution in [-0.2, 0) is 12.8 Å². The molecule has 0 saturated carbocycles. The van der Waals surface area contributed by atoms with Gasteiger partial charge in [-0.3, -0.25) is 4.98 Å². The highest BCUT2D eigenvalue weighted by molar-refractivity contribution is 9.10. The summed E-state index contributed by atoms with van der Waals surface area (Å²) >= 11 is 3.69. The Bertz CT molecular complexity index is 647. The molecule has 0 aliphatic heterocycles. The van der Waals surface area contributed by atoms with Crippen LogP contribution < -0.4 is 5.32 Å². The van der Waals surface area contributed by atoms with Crippen molar-refractivity contribution >= 4 is 32.5 Å². The summed E-state index contributed by atoms with van der Waals surface area (Å²) < 4.78 is 1.20. The second-order valence-electron chi connectivity index (χ2n) is 5.04. The van der Waals surface area contributed by atoms with Crippen LogP contribution in [0.1, 0.15) is 28.8 Å². The predicted octanol–water partition coefficient (Wildman–Crippen LogP) is 4.14. The average molecular weight is 305 g/mol. The SMILES string of the molecule is CNc1c2c(nc3cc(C)c(Br)c(C)c13)CCC2. The summed E-state index contributed by atoms with van der Waals surface area (Å²) in [4.78, 5) is 4.87. The lowest BCUT2D eigenvalue weighted by Crippen LogP contribution is -2.01. The van der Waals surface area contributed by atoms with Crippen molar-refractivity contribution < 1.29 is 0 Å². The third-order valence-electron chi connectivity index (χ3n) is 3.91. The molecule has 2 aromatic rings. The van der Waals surface area contributed by atoms with E-state index in [0.717, 1.165) is 18.4 Å². The summed E-state index contributed by atoms with van der Waals surface area (Å²) in [6.07, 6.45) is 3.50. The van der Waals surface area contributed by atoms with Gasteiger partial charge in [0, 0.05) is 28.3 Å². The Labute approximate surface area is 116 Å². The zero-order valence-electron chi connectivity index (χ0n) is 11.0. The van der Waals surface area contributed by atoms with Crippen molar-refractivity contribution in [3.8, 4) is 0 Å². The van der Waals surface area contributed by atoms with Gasteiger partial charge in [-0.15, -0.1) is 0 Å². The molecule has 3 rings (SSSR count). The monoisotopic (exact) mass is 304 g/mol. The van der Waals surface area contributed by atoms with E-state index in [1.54, 1.807) is 0 Å². The van der Waals surface area contributed by atoms with E-state index in [-0.39, 0.29) is 0 Å². The molecule has 2 nitrogen and oxygen atoms in total. The highest BCUT2D eigenvalue weighted by Crippen LogP contribution is 2.38. The van der Waals surface area contributed by atoms with Gasteiger partial charge in [0.15, 0.2) is 0 Å². The second-order valence-corrected chi connectivity index (χ2v) is 5.84. The molecule has 0 atom stereocenters. The van der Waals surface area contributed by atoms with Crippen LogP contribution in [0.25, 0.3) is 10.9 Å². The van der Waals surface area contributed by atoms with Crippen molar-refractivity contribution in [1.29, 1.82) is 0 Å². The third kappa shape index (κ3) is 1.57. The number of nitrogens with one attached hydrogen (secondary N) is 1. The van der Waals surface area contributed by atoms with Gasteiger partial charge in [0.25, 0.3) is 0 Å². The lowest BCUT2D eigenvalue weighted by molar-refractivity contribution is 0.901. The molecular weight excluding hydrogens is 288 g/mol. The van der Waals surface area contributed by atoms with E-state index in [2.05, 4.69) is 41.2 Å². The molecule has 1 N–H and O–H groups in total. The summed E-state index contributed by atoms with van der Waals surface area (Å²) in [5.41, 5.74) is 7.66. The van der Waals surface area contributed by atoms with E-state index < -0.39 is 0 Å². The fourth-order valence-corrected chi connectivity index (χ4v) is 3.35. The molecule has 94 valence electrons. The Morgan fingerprint density at radius 2 is 2.06 bits per heavy atom. The number of aromatic nitrogens is 1. The first-order chi connectivity index (χ1) is 8.63. The zero-order chi connectivity index (χ0) is 12.9. The normalized spacial score (nSPS) is 14.0. The van der Waals surface area contributed by atoms with Gasteiger partial charge in [0.1, 0.15) is 0 Å². The lowest BCUT2D eigenvalue weighted by atomic mass is 10.0. The molecule has 3 heteroatoms. The summed E-state index contributed by atoms with van der Waals surface area (Å²) in [7, 11) is 2.01. The number of fused-ring (bicyclic) bond motifs is 2.